The van der Waals surface area contributed by atoms with Gasteiger partial charge in [0.25, 0.3) is 0 Å². The molecule has 0 aliphatic carbocycles. The van der Waals surface area contributed by atoms with Crippen molar-refractivity contribution in [1.82, 2.24) is 5.32 Å². The summed E-state index contributed by atoms with van der Waals surface area (Å²) in [6.07, 6.45) is -0.0734. The Morgan fingerprint density at radius 1 is 1.32 bits per heavy atom. The average Bonchev–Trinajstić information content (AvgIpc) is 2.39. The number of hydrogen-bond acceptors (Lipinski definition) is 3. The van der Waals surface area contributed by atoms with E-state index in [1.54, 1.807) is 14.0 Å². The van der Waals surface area contributed by atoms with Crippen molar-refractivity contribution in [2.75, 3.05) is 18.5 Å². The van der Waals surface area contributed by atoms with Crippen LogP contribution in [0, 0.1) is 6.92 Å². The van der Waals surface area contributed by atoms with Gasteiger partial charge in [-0.3, -0.25) is 9.59 Å². The molecule has 1 rings (SSSR count). The van der Waals surface area contributed by atoms with Crippen LogP contribution in [-0.4, -0.2) is 36.6 Å². The number of anilines is 1. The molecular weight excluding hydrogens is 244 g/mol. The third kappa shape index (κ3) is 4.37. The highest BCUT2D eigenvalue weighted by molar-refractivity contribution is 5.97. The van der Waals surface area contributed by atoms with Gasteiger partial charge in [-0.05, 0) is 33.0 Å². The summed E-state index contributed by atoms with van der Waals surface area (Å²) in [7, 11) is 1.70. The Kier molecular flexibility index (Phi) is 5.51. The van der Waals surface area contributed by atoms with Gasteiger partial charge in [0.05, 0.1) is 12.5 Å². The van der Waals surface area contributed by atoms with Crippen molar-refractivity contribution in [3.8, 4) is 0 Å². The molecular formula is C14H20N2O3. The van der Waals surface area contributed by atoms with Gasteiger partial charge in [0, 0.05) is 12.2 Å². The molecule has 0 radical (unpaired) electrons. The van der Waals surface area contributed by atoms with Crippen molar-refractivity contribution in [2.45, 2.75) is 26.3 Å². The Labute approximate surface area is 113 Å². The van der Waals surface area contributed by atoms with Crippen LogP contribution in [-0.2, 0) is 9.59 Å². The van der Waals surface area contributed by atoms with E-state index in [1.807, 2.05) is 31.2 Å². The van der Waals surface area contributed by atoms with Gasteiger partial charge in [-0.25, -0.2) is 0 Å². The standard InChI is InChI=1S/C14H20N2O3/c1-10-4-6-12(7-5-10)16(9-8-13(17)18)14(19)11(2)15-3/h4-7,11,15H,8-9H2,1-3H3,(H,17,18). The topological polar surface area (TPSA) is 69.6 Å². The van der Waals surface area contributed by atoms with Crippen LogP contribution in [0.5, 0.6) is 0 Å². The average molecular weight is 264 g/mol. The lowest BCUT2D eigenvalue weighted by molar-refractivity contribution is -0.136. The number of aryl methyl sites for hydroxylation is 1. The Morgan fingerprint density at radius 3 is 2.37 bits per heavy atom. The summed E-state index contributed by atoms with van der Waals surface area (Å²) < 4.78 is 0. The van der Waals surface area contributed by atoms with Crippen LogP contribution < -0.4 is 10.2 Å². The zero-order chi connectivity index (χ0) is 14.4. The van der Waals surface area contributed by atoms with Crippen molar-refractivity contribution < 1.29 is 14.7 Å². The second-order valence-corrected chi connectivity index (χ2v) is 4.48. The van der Waals surface area contributed by atoms with Crippen molar-refractivity contribution >= 4 is 17.6 Å². The molecule has 0 spiro atoms. The van der Waals surface area contributed by atoms with Crippen molar-refractivity contribution in [3.63, 3.8) is 0 Å². The number of carboxylic acids is 1. The second-order valence-electron chi connectivity index (χ2n) is 4.48. The van der Waals surface area contributed by atoms with Crippen LogP contribution in [0.3, 0.4) is 0 Å². The van der Waals surface area contributed by atoms with E-state index in [0.717, 1.165) is 11.3 Å². The maximum atomic E-state index is 12.2. The molecule has 0 saturated carbocycles. The zero-order valence-corrected chi connectivity index (χ0v) is 11.5. The highest BCUT2D eigenvalue weighted by Crippen LogP contribution is 2.16. The molecule has 0 aliphatic rings. The minimum Gasteiger partial charge on any atom is -0.481 e. The second kappa shape index (κ2) is 6.89. The van der Waals surface area contributed by atoms with E-state index < -0.39 is 5.97 Å². The number of benzene rings is 1. The number of aliphatic carboxylic acids is 1. The molecule has 5 nitrogen and oxygen atoms in total. The molecule has 1 aromatic carbocycles. The summed E-state index contributed by atoms with van der Waals surface area (Å²) >= 11 is 0. The number of amides is 1. The highest BCUT2D eigenvalue weighted by atomic mass is 16.4. The van der Waals surface area contributed by atoms with E-state index in [-0.39, 0.29) is 24.9 Å². The van der Waals surface area contributed by atoms with Gasteiger partial charge in [0.1, 0.15) is 0 Å². The predicted molar refractivity (Wildman–Crippen MR) is 74.3 cm³/mol. The van der Waals surface area contributed by atoms with Crippen LogP contribution in [0.15, 0.2) is 24.3 Å². The lowest BCUT2D eigenvalue weighted by Gasteiger charge is -2.25. The molecule has 2 N–H and O–H groups in total. The number of nitrogens with one attached hydrogen (secondary N) is 1. The number of carboxylic acid groups (broad SMARTS) is 1. The number of carbonyl (C=O) groups excluding carboxylic acids is 1. The molecule has 0 aliphatic heterocycles. The van der Waals surface area contributed by atoms with Gasteiger partial charge in [-0.1, -0.05) is 17.7 Å². The molecule has 19 heavy (non-hydrogen) atoms. The number of nitrogens with zero attached hydrogens (tertiary/aromatic N) is 1. The minimum absolute atomic E-state index is 0.0734. The maximum absolute atomic E-state index is 12.2. The fourth-order valence-corrected chi connectivity index (χ4v) is 1.66. The number of likely N-dealkylation sites (N-methyl/N-ethyl adjacent to an activating group) is 1. The van der Waals surface area contributed by atoms with Gasteiger partial charge in [-0.15, -0.1) is 0 Å². The first-order valence-electron chi connectivity index (χ1n) is 6.22. The largest absolute Gasteiger partial charge is 0.481 e. The molecule has 1 unspecified atom stereocenters. The van der Waals surface area contributed by atoms with Gasteiger partial charge >= 0.3 is 5.97 Å². The van der Waals surface area contributed by atoms with Crippen molar-refractivity contribution in [3.05, 3.63) is 29.8 Å². The van der Waals surface area contributed by atoms with E-state index in [0.29, 0.717) is 0 Å². The fourth-order valence-electron chi connectivity index (χ4n) is 1.66. The molecule has 0 saturated heterocycles. The molecule has 1 atom stereocenters. The van der Waals surface area contributed by atoms with Crippen molar-refractivity contribution in [1.29, 1.82) is 0 Å². The first kappa shape index (κ1) is 15.2. The van der Waals surface area contributed by atoms with E-state index in [9.17, 15) is 9.59 Å². The summed E-state index contributed by atoms with van der Waals surface area (Å²) in [4.78, 5) is 24.4. The fraction of sp³-hybridized carbons (Fsp3) is 0.429. The molecule has 0 aromatic heterocycles. The Balaban J connectivity index is 2.94. The quantitative estimate of drug-likeness (QED) is 0.815. The van der Waals surface area contributed by atoms with Gasteiger partial charge in [0.2, 0.25) is 5.91 Å². The summed E-state index contributed by atoms with van der Waals surface area (Å²) in [6, 6.07) is 7.12. The maximum Gasteiger partial charge on any atom is 0.305 e. The Morgan fingerprint density at radius 2 is 1.89 bits per heavy atom. The third-order valence-corrected chi connectivity index (χ3v) is 2.96. The van der Waals surface area contributed by atoms with E-state index in [1.165, 1.54) is 4.90 Å². The molecule has 104 valence electrons. The van der Waals surface area contributed by atoms with E-state index >= 15 is 0 Å². The normalized spacial score (nSPS) is 11.9. The lowest BCUT2D eigenvalue weighted by atomic mass is 10.2. The molecule has 1 aromatic rings. The Bertz CT molecular complexity index is 443. The van der Waals surface area contributed by atoms with Crippen LogP contribution >= 0.6 is 0 Å². The smallest absolute Gasteiger partial charge is 0.305 e. The molecule has 5 heteroatoms. The van der Waals surface area contributed by atoms with Crippen LogP contribution in [0.1, 0.15) is 18.9 Å². The van der Waals surface area contributed by atoms with Gasteiger partial charge in [0.15, 0.2) is 0 Å². The van der Waals surface area contributed by atoms with Crippen LogP contribution in [0.4, 0.5) is 5.69 Å². The van der Waals surface area contributed by atoms with Gasteiger partial charge in [-0.2, -0.15) is 0 Å². The predicted octanol–water partition coefficient (Wildman–Crippen LogP) is 1.41. The van der Waals surface area contributed by atoms with E-state index in [4.69, 9.17) is 5.11 Å². The summed E-state index contributed by atoms with van der Waals surface area (Å²) in [6.45, 7) is 3.89. The summed E-state index contributed by atoms with van der Waals surface area (Å²) in [5, 5.41) is 11.7. The van der Waals surface area contributed by atoms with Gasteiger partial charge < -0.3 is 15.3 Å². The molecule has 0 fully saturated rings. The summed E-state index contributed by atoms with van der Waals surface area (Å²) in [5.74, 6) is -1.05. The number of carbonyl (C=O) groups is 2. The zero-order valence-electron chi connectivity index (χ0n) is 11.5. The number of rotatable bonds is 6. The molecule has 0 heterocycles. The highest BCUT2D eigenvalue weighted by Gasteiger charge is 2.21. The molecule has 1 amide bonds. The number of hydrogen-bond donors (Lipinski definition) is 2. The summed E-state index contributed by atoms with van der Waals surface area (Å²) in [5.41, 5.74) is 1.81. The monoisotopic (exact) mass is 264 g/mol. The lowest BCUT2D eigenvalue weighted by Crippen LogP contribution is -2.44. The van der Waals surface area contributed by atoms with Crippen LogP contribution in [0.25, 0.3) is 0 Å². The third-order valence-electron chi connectivity index (χ3n) is 2.96. The first-order chi connectivity index (χ1) is 8.95. The van der Waals surface area contributed by atoms with Crippen molar-refractivity contribution in [2.24, 2.45) is 0 Å². The van der Waals surface area contributed by atoms with E-state index in [2.05, 4.69) is 5.32 Å². The molecule has 0 bridgehead atoms. The Hall–Kier alpha value is -1.88. The minimum atomic E-state index is -0.915. The van der Waals surface area contributed by atoms with Crippen LogP contribution in [0.2, 0.25) is 0 Å². The SMILES string of the molecule is CNC(C)C(=O)N(CCC(=O)O)c1ccc(C)cc1. The first-order valence-corrected chi connectivity index (χ1v) is 6.22.